The Balaban J connectivity index is 2.18. The van der Waals surface area contributed by atoms with Crippen molar-refractivity contribution >= 4 is 11.7 Å². The van der Waals surface area contributed by atoms with Gasteiger partial charge in [0.1, 0.15) is 0 Å². The average Bonchev–Trinajstić information content (AvgIpc) is 2.87. The molecule has 0 spiro atoms. The van der Waals surface area contributed by atoms with E-state index in [0.29, 0.717) is 36.3 Å². The Bertz CT molecular complexity index is 781. The Morgan fingerprint density at radius 3 is 2.95 bits per heavy atom. The largest absolute Gasteiger partial charge is 0.476 e. The van der Waals surface area contributed by atoms with Crippen LogP contribution in [0.2, 0.25) is 0 Å². The number of rotatable bonds is 3. The van der Waals surface area contributed by atoms with Crippen LogP contribution in [0.3, 0.4) is 0 Å². The fourth-order valence-corrected chi connectivity index (χ4v) is 2.66. The van der Waals surface area contributed by atoms with Gasteiger partial charge in [-0.1, -0.05) is 6.07 Å². The summed E-state index contributed by atoms with van der Waals surface area (Å²) >= 11 is 0. The summed E-state index contributed by atoms with van der Waals surface area (Å²) in [6, 6.07) is 4.78. The molecule has 0 bridgehead atoms. The maximum absolute atomic E-state index is 11.3. The van der Waals surface area contributed by atoms with E-state index in [2.05, 4.69) is 10.4 Å². The van der Waals surface area contributed by atoms with E-state index in [1.165, 1.54) is 10.7 Å². The molecule has 114 valence electrons. The minimum absolute atomic E-state index is 0.00689. The van der Waals surface area contributed by atoms with Crippen molar-refractivity contribution in [2.75, 3.05) is 6.54 Å². The van der Waals surface area contributed by atoms with Crippen LogP contribution < -0.4 is 5.32 Å². The van der Waals surface area contributed by atoms with Crippen LogP contribution in [0.4, 0.5) is 5.69 Å². The third-order valence-corrected chi connectivity index (χ3v) is 3.77. The van der Waals surface area contributed by atoms with Gasteiger partial charge in [-0.05, 0) is 13.0 Å². The summed E-state index contributed by atoms with van der Waals surface area (Å²) in [5.41, 5.74) is 2.46. The van der Waals surface area contributed by atoms with Crippen molar-refractivity contribution in [3.8, 4) is 5.69 Å². The maximum atomic E-state index is 11.3. The Kier molecular flexibility index (Phi) is 3.38. The number of nitrogens with zero attached hydrogens (tertiary/aromatic N) is 3. The molecule has 0 radical (unpaired) electrons. The van der Waals surface area contributed by atoms with Gasteiger partial charge in [0.15, 0.2) is 5.69 Å². The van der Waals surface area contributed by atoms with E-state index in [9.17, 15) is 20.0 Å². The third kappa shape index (κ3) is 2.23. The molecule has 8 nitrogen and oxygen atoms in total. The Morgan fingerprint density at radius 2 is 2.27 bits per heavy atom. The minimum Gasteiger partial charge on any atom is -0.476 e. The number of hydrogen-bond donors (Lipinski definition) is 2. The highest BCUT2D eigenvalue weighted by Crippen LogP contribution is 2.26. The lowest BCUT2D eigenvalue weighted by molar-refractivity contribution is -0.385. The highest BCUT2D eigenvalue weighted by atomic mass is 16.6. The van der Waals surface area contributed by atoms with Crippen molar-refractivity contribution < 1.29 is 14.8 Å². The molecule has 8 heteroatoms. The molecule has 22 heavy (non-hydrogen) atoms. The fourth-order valence-electron chi connectivity index (χ4n) is 2.66. The first-order chi connectivity index (χ1) is 10.5. The van der Waals surface area contributed by atoms with Crippen LogP contribution in [0.1, 0.15) is 27.3 Å². The molecule has 0 atom stereocenters. The predicted octanol–water partition coefficient (Wildman–Crippen LogP) is 1.43. The van der Waals surface area contributed by atoms with E-state index in [1.807, 2.05) is 0 Å². The van der Waals surface area contributed by atoms with Gasteiger partial charge in [-0.15, -0.1) is 0 Å². The first-order valence-corrected chi connectivity index (χ1v) is 6.79. The predicted molar refractivity (Wildman–Crippen MR) is 77.3 cm³/mol. The third-order valence-electron chi connectivity index (χ3n) is 3.77. The summed E-state index contributed by atoms with van der Waals surface area (Å²) in [4.78, 5) is 22.0. The zero-order valence-corrected chi connectivity index (χ0v) is 11.9. The molecule has 2 aromatic rings. The van der Waals surface area contributed by atoms with Crippen molar-refractivity contribution in [3.05, 3.63) is 50.8 Å². The summed E-state index contributed by atoms with van der Waals surface area (Å²) in [6.45, 7) is 2.81. The van der Waals surface area contributed by atoms with Gasteiger partial charge in [0.25, 0.3) is 5.69 Å². The monoisotopic (exact) mass is 302 g/mol. The molecule has 1 aliphatic rings. The standard InChI is InChI=1S/C14H14N4O4/c1-8-2-3-9(6-12(8)18(21)22)17-11-4-5-15-7-10(11)13(16-17)14(19)20/h2-3,6,15H,4-5,7H2,1H3,(H,19,20). The second-order valence-corrected chi connectivity index (χ2v) is 5.15. The van der Waals surface area contributed by atoms with Crippen molar-refractivity contribution in [3.63, 3.8) is 0 Å². The number of benzene rings is 1. The summed E-state index contributed by atoms with van der Waals surface area (Å²) in [6.07, 6.45) is 0.622. The summed E-state index contributed by atoms with van der Waals surface area (Å²) in [5, 5.41) is 27.6. The van der Waals surface area contributed by atoms with Crippen molar-refractivity contribution in [2.24, 2.45) is 0 Å². The van der Waals surface area contributed by atoms with Gasteiger partial charge < -0.3 is 10.4 Å². The quantitative estimate of drug-likeness (QED) is 0.655. The molecule has 3 rings (SSSR count). The Morgan fingerprint density at radius 1 is 1.50 bits per heavy atom. The number of carboxylic acid groups (broad SMARTS) is 1. The molecule has 0 fully saturated rings. The number of aromatic nitrogens is 2. The van der Waals surface area contributed by atoms with E-state index in [0.717, 1.165) is 5.69 Å². The second-order valence-electron chi connectivity index (χ2n) is 5.15. The zero-order chi connectivity index (χ0) is 15.9. The summed E-state index contributed by atoms with van der Waals surface area (Å²) in [5.74, 6) is -1.10. The van der Waals surface area contributed by atoms with Gasteiger partial charge >= 0.3 is 5.97 Å². The Labute approximate surface area is 125 Å². The van der Waals surface area contributed by atoms with Crippen LogP contribution in [0.15, 0.2) is 18.2 Å². The number of aryl methyl sites for hydroxylation is 1. The molecule has 0 unspecified atom stereocenters. The van der Waals surface area contributed by atoms with Crippen LogP contribution in [0.5, 0.6) is 0 Å². The number of nitro groups is 1. The van der Waals surface area contributed by atoms with Crippen molar-refractivity contribution in [1.29, 1.82) is 0 Å². The highest BCUT2D eigenvalue weighted by Gasteiger charge is 2.25. The second kappa shape index (κ2) is 5.23. The first-order valence-electron chi connectivity index (χ1n) is 6.79. The maximum Gasteiger partial charge on any atom is 0.356 e. The zero-order valence-electron chi connectivity index (χ0n) is 11.9. The molecule has 1 aliphatic heterocycles. The van der Waals surface area contributed by atoms with E-state index in [1.54, 1.807) is 19.1 Å². The number of nitrogens with one attached hydrogen (secondary N) is 1. The van der Waals surface area contributed by atoms with E-state index in [4.69, 9.17) is 0 Å². The lowest BCUT2D eigenvalue weighted by atomic mass is 10.1. The van der Waals surface area contributed by atoms with Gasteiger partial charge in [0.2, 0.25) is 0 Å². The van der Waals surface area contributed by atoms with E-state index in [-0.39, 0.29) is 11.4 Å². The number of nitro benzene ring substituents is 1. The number of carboxylic acids is 1. The molecule has 0 amide bonds. The molecule has 1 aromatic carbocycles. The average molecular weight is 302 g/mol. The van der Waals surface area contributed by atoms with Gasteiger partial charge in [-0.2, -0.15) is 5.10 Å². The Hall–Kier alpha value is -2.74. The smallest absolute Gasteiger partial charge is 0.356 e. The normalized spacial score (nSPS) is 13.7. The number of fused-ring (bicyclic) bond motifs is 1. The minimum atomic E-state index is -1.10. The number of carbonyl (C=O) groups is 1. The molecule has 0 saturated carbocycles. The lowest BCUT2D eigenvalue weighted by Crippen LogP contribution is -2.25. The summed E-state index contributed by atoms with van der Waals surface area (Å²) in [7, 11) is 0. The van der Waals surface area contributed by atoms with Crippen molar-refractivity contribution in [2.45, 2.75) is 19.9 Å². The highest BCUT2D eigenvalue weighted by molar-refractivity contribution is 5.87. The van der Waals surface area contributed by atoms with Crippen LogP contribution in [-0.2, 0) is 13.0 Å². The number of hydrogen-bond acceptors (Lipinski definition) is 5. The number of aromatic carboxylic acids is 1. The van der Waals surface area contributed by atoms with Gasteiger partial charge in [0.05, 0.1) is 16.3 Å². The van der Waals surface area contributed by atoms with E-state index >= 15 is 0 Å². The fraction of sp³-hybridized carbons (Fsp3) is 0.286. The van der Waals surface area contributed by atoms with Crippen LogP contribution in [0, 0.1) is 17.0 Å². The molecule has 0 saturated heterocycles. The molecule has 0 aliphatic carbocycles. The van der Waals surface area contributed by atoms with Gasteiger partial charge in [-0.3, -0.25) is 10.1 Å². The molecule has 2 heterocycles. The molecular formula is C14H14N4O4. The van der Waals surface area contributed by atoms with Gasteiger partial charge in [0, 0.05) is 36.7 Å². The molecule has 1 aromatic heterocycles. The molecular weight excluding hydrogens is 288 g/mol. The lowest BCUT2D eigenvalue weighted by Gasteiger charge is -2.15. The van der Waals surface area contributed by atoms with Crippen LogP contribution >= 0.6 is 0 Å². The van der Waals surface area contributed by atoms with Crippen molar-refractivity contribution in [1.82, 2.24) is 15.1 Å². The SMILES string of the molecule is Cc1ccc(-n2nc(C(=O)O)c3c2CCNC3)cc1[N+](=O)[O-]. The first kappa shape index (κ1) is 14.2. The summed E-state index contributed by atoms with van der Waals surface area (Å²) < 4.78 is 1.51. The van der Waals surface area contributed by atoms with Crippen LogP contribution in [-0.4, -0.2) is 32.3 Å². The topological polar surface area (TPSA) is 110 Å². The van der Waals surface area contributed by atoms with E-state index < -0.39 is 10.9 Å². The molecule has 2 N–H and O–H groups in total. The van der Waals surface area contributed by atoms with Crippen LogP contribution in [0.25, 0.3) is 5.69 Å². The van der Waals surface area contributed by atoms with Gasteiger partial charge in [-0.25, -0.2) is 9.48 Å².